The van der Waals surface area contributed by atoms with Gasteiger partial charge in [0.2, 0.25) is 0 Å². The largest absolute Gasteiger partial charge is 0.390 e. The molecular formula is C16H24F3N. The van der Waals surface area contributed by atoms with E-state index < -0.39 is 18.6 Å². The van der Waals surface area contributed by atoms with Crippen molar-refractivity contribution < 1.29 is 13.2 Å². The van der Waals surface area contributed by atoms with Gasteiger partial charge in [-0.25, -0.2) is 0 Å². The third kappa shape index (κ3) is 4.51. The van der Waals surface area contributed by atoms with Crippen molar-refractivity contribution in [1.82, 2.24) is 5.32 Å². The number of hydrogen-bond acceptors (Lipinski definition) is 1. The van der Waals surface area contributed by atoms with E-state index in [1.165, 1.54) is 5.56 Å². The van der Waals surface area contributed by atoms with Crippen molar-refractivity contribution in [3.63, 3.8) is 0 Å². The third-order valence-corrected chi connectivity index (χ3v) is 3.56. The first-order chi connectivity index (χ1) is 9.15. The molecule has 1 N–H and O–H groups in total. The molecule has 0 heterocycles. The Bertz CT molecular complexity index is 436. The molecule has 0 fully saturated rings. The van der Waals surface area contributed by atoms with Gasteiger partial charge in [0.1, 0.15) is 0 Å². The molecule has 0 saturated heterocycles. The first-order valence-corrected chi connectivity index (χ1v) is 7.03. The Balaban J connectivity index is 3.21. The summed E-state index contributed by atoms with van der Waals surface area (Å²) in [7, 11) is 1.58. The number of hydrogen-bond donors (Lipinski definition) is 1. The molecule has 114 valence electrons. The molecule has 0 aliphatic heterocycles. The van der Waals surface area contributed by atoms with Crippen molar-refractivity contribution in [1.29, 1.82) is 0 Å². The first kappa shape index (κ1) is 17.0. The van der Waals surface area contributed by atoms with E-state index in [9.17, 15) is 13.2 Å². The van der Waals surface area contributed by atoms with Gasteiger partial charge >= 0.3 is 6.18 Å². The minimum Gasteiger partial charge on any atom is -0.313 e. The van der Waals surface area contributed by atoms with Gasteiger partial charge in [0.15, 0.2) is 0 Å². The second-order valence-electron chi connectivity index (χ2n) is 5.86. The first-order valence-electron chi connectivity index (χ1n) is 7.03. The van der Waals surface area contributed by atoms with Gasteiger partial charge in [0.05, 0.1) is 6.42 Å². The van der Waals surface area contributed by atoms with Crippen molar-refractivity contribution >= 4 is 0 Å². The smallest absolute Gasteiger partial charge is 0.313 e. The van der Waals surface area contributed by atoms with Crippen LogP contribution in [0, 0.1) is 0 Å². The van der Waals surface area contributed by atoms with Crippen LogP contribution >= 0.6 is 0 Å². The number of alkyl halides is 3. The highest BCUT2D eigenvalue weighted by Gasteiger charge is 2.33. The summed E-state index contributed by atoms with van der Waals surface area (Å²) >= 11 is 0. The molecule has 0 bridgehead atoms. The number of nitrogens with one attached hydrogen (secondary N) is 1. The van der Waals surface area contributed by atoms with E-state index in [2.05, 4.69) is 19.2 Å². The van der Waals surface area contributed by atoms with Gasteiger partial charge in [-0.2, -0.15) is 13.2 Å². The van der Waals surface area contributed by atoms with Gasteiger partial charge in [-0.15, -0.1) is 0 Å². The zero-order valence-corrected chi connectivity index (χ0v) is 12.8. The maximum Gasteiger partial charge on any atom is 0.390 e. The van der Waals surface area contributed by atoms with Crippen LogP contribution in [0.1, 0.15) is 68.7 Å². The van der Waals surface area contributed by atoms with E-state index in [4.69, 9.17) is 0 Å². The maximum absolute atomic E-state index is 12.7. The van der Waals surface area contributed by atoms with Crippen LogP contribution in [0.2, 0.25) is 0 Å². The lowest BCUT2D eigenvalue weighted by Crippen LogP contribution is -2.25. The van der Waals surface area contributed by atoms with Crippen molar-refractivity contribution in [3.8, 4) is 0 Å². The molecular weight excluding hydrogens is 263 g/mol. The highest BCUT2D eigenvalue weighted by atomic mass is 19.4. The molecule has 20 heavy (non-hydrogen) atoms. The average Bonchev–Trinajstić information content (AvgIpc) is 2.34. The summed E-state index contributed by atoms with van der Waals surface area (Å²) in [6.07, 6.45) is -5.01. The Kier molecular flexibility index (Phi) is 5.63. The fourth-order valence-corrected chi connectivity index (χ4v) is 2.37. The molecule has 0 aliphatic carbocycles. The lowest BCUT2D eigenvalue weighted by atomic mass is 9.87. The van der Waals surface area contributed by atoms with Crippen LogP contribution in [0.4, 0.5) is 13.2 Å². The Morgan fingerprint density at radius 1 is 1.00 bits per heavy atom. The lowest BCUT2D eigenvalue weighted by molar-refractivity contribution is -0.140. The van der Waals surface area contributed by atoms with Crippen LogP contribution in [0.5, 0.6) is 0 Å². The van der Waals surface area contributed by atoms with Crippen LogP contribution < -0.4 is 5.32 Å². The van der Waals surface area contributed by atoms with E-state index >= 15 is 0 Å². The summed E-state index contributed by atoms with van der Waals surface area (Å²) in [6.45, 7) is 8.21. The van der Waals surface area contributed by atoms with E-state index in [0.29, 0.717) is 5.92 Å². The Morgan fingerprint density at radius 2 is 1.60 bits per heavy atom. The molecule has 0 radical (unpaired) electrons. The summed E-state index contributed by atoms with van der Waals surface area (Å²) < 4.78 is 38.0. The molecule has 1 atom stereocenters. The molecule has 1 rings (SSSR count). The highest BCUT2D eigenvalue weighted by molar-refractivity contribution is 5.37. The van der Waals surface area contributed by atoms with Gasteiger partial charge in [0.25, 0.3) is 0 Å². The van der Waals surface area contributed by atoms with Crippen LogP contribution in [0.15, 0.2) is 18.2 Å². The molecule has 0 saturated carbocycles. The van der Waals surface area contributed by atoms with Crippen LogP contribution in [-0.4, -0.2) is 13.2 Å². The number of rotatable bonds is 5. The fraction of sp³-hybridized carbons (Fsp3) is 0.625. The Labute approximate surface area is 119 Å². The quantitative estimate of drug-likeness (QED) is 0.790. The van der Waals surface area contributed by atoms with Crippen molar-refractivity contribution in [2.75, 3.05) is 7.05 Å². The maximum atomic E-state index is 12.7. The second kappa shape index (κ2) is 6.61. The SMILES string of the molecule is CNC(CC(F)(F)F)c1ccc(C(C)C)cc1C(C)C. The zero-order chi connectivity index (χ0) is 15.5. The molecule has 1 aromatic carbocycles. The highest BCUT2D eigenvalue weighted by Crippen LogP contribution is 2.34. The second-order valence-corrected chi connectivity index (χ2v) is 5.86. The minimum atomic E-state index is -4.17. The van der Waals surface area contributed by atoms with E-state index in [1.807, 2.05) is 32.0 Å². The van der Waals surface area contributed by atoms with E-state index in [-0.39, 0.29) is 5.92 Å². The van der Waals surface area contributed by atoms with Gasteiger partial charge in [-0.05, 0) is 35.6 Å². The zero-order valence-electron chi connectivity index (χ0n) is 12.8. The van der Waals surface area contributed by atoms with Gasteiger partial charge < -0.3 is 5.32 Å². The molecule has 4 heteroatoms. The third-order valence-electron chi connectivity index (χ3n) is 3.56. The molecule has 0 amide bonds. The number of benzene rings is 1. The van der Waals surface area contributed by atoms with Crippen molar-refractivity contribution in [2.45, 2.75) is 58.2 Å². The molecule has 1 nitrogen and oxygen atoms in total. The van der Waals surface area contributed by atoms with Crippen LogP contribution in [0.3, 0.4) is 0 Å². The van der Waals surface area contributed by atoms with Crippen LogP contribution in [-0.2, 0) is 0 Å². The summed E-state index contributed by atoms with van der Waals surface area (Å²) in [4.78, 5) is 0. The predicted octanol–water partition coefficient (Wildman–Crippen LogP) is 5.15. The summed E-state index contributed by atoms with van der Waals surface area (Å²) in [5.74, 6) is 0.574. The van der Waals surface area contributed by atoms with Crippen molar-refractivity contribution in [2.24, 2.45) is 0 Å². The van der Waals surface area contributed by atoms with E-state index in [1.54, 1.807) is 7.05 Å². The molecule has 1 unspecified atom stereocenters. The fourth-order valence-electron chi connectivity index (χ4n) is 2.37. The predicted molar refractivity (Wildman–Crippen MR) is 77.1 cm³/mol. The molecule has 0 aliphatic rings. The van der Waals surface area contributed by atoms with Crippen molar-refractivity contribution in [3.05, 3.63) is 34.9 Å². The van der Waals surface area contributed by atoms with Gasteiger partial charge in [-0.1, -0.05) is 45.9 Å². The Hall–Kier alpha value is -1.03. The Morgan fingerprint density at radius 3 is 2.00 bits per heavy atom. The van der Waals surface area contributed by atoms with Gasteiger partial charge in [-0.3, -0.25) is 0 Å². The lowest BCUT2D eigenvalue weighted by Gasteiger charge is -2.24. The van der Waals surface area contributed by atoms with E-state index in [0.717, 1.165) is 11.1 Å². The monoisotopic (exact) mass is 287 g/mol. The standard InChI is InChI=1S/C16H24F3N/c1-10(2)12-6-7-13(14(8-12)11(3)4)15(20-5)9-16(17,18)19/h6-8,10-11,15,20H,9H2,1-5H3. The van der Waals surface area contributed by atoms with Gasteiger partial charge in [0, 0.05) is 6.04 Å². The number of halogens is 3. The van der Waals surface area contributed by atoms with Crippen LogP contribution in [0.25, 0.3) is 0 Å². The molecule has 0 spiro atoms. The topological polar surface area (TPSA) is 12.0 Å². The average molecular weight is 287 g/mol. The summed E-state index contributed by atoms with van der Waals surface area (Å²) in [5, 5.41) is 2.80. The molecule has 1 aromatic rings. The molecule has 0 aromatic heterocycles. The normalized spacial score (nSPS) is 14.1. The summed E-state index contributed by atoms with van der Waals surface area (Å²) in [6, 6.07) is 5.14. The minimum absolute atomic E-state index is 0.202. The summed E-state index contributed by atoms with van der Waals surface area (Å²) in [5.41, 5.74) is 2.92.